The van der Waals surface area contributed by atoms with E-state index in [1.54, 1.807) is 6.07 Å². The molecule has 0 bridgehead atoms. The van der Waals surface area contributed by atoms with Crippen LogP contribution in [0, 0.1) is 18.2 Å². The summed E-state index contributed by atoms with van der Waals surface area (Å²) >= 11 is 5.69. The van der Waals surface area contributed by atoms with Crippen molar-refractivity contribution in [3.05, 3.63) is 29.0 Å². The van der Waals surface area contributed by atoms with Gasteiger partial charge in [-0.15, -0.1) is 6.42 Å². The lowest BCUT2D eigenvalue weighted by Crippen LogP contribution is -1.98. The van der Waals surface area contributed by atoms with Crippen LogP contribution in [0.25, 0.3) is 0 Å². The van der Waals surface area contributed by atoms with Gasteiger partial charge < -0.3 is 5.32 Å². The molecule has 0 saturated carbocycles. The first-order valence-electron chi connectivity index (χ1n) is 3.36. The predicted octanol–water partition coefficient (Wildman–Crippen LogP) is 2.52. The Kier molecular flexibility index (Phi) is 2.95. The first kappa shape index (κ1) is 8.89. The quantitative estimate of drug-likeness (QED) is 0.695. The summed E-state index contributed by atoms with van der Waals surface area (Å²) in [5.41, 5.74) is 0.649. The topological polar surface area (TPSA) is 12.0 Å². The van der Waals surface area contributed by atoms with E-state index in [0.29, 0.717) is 17.3 Å². The molecule has 0 heterocycles. The number of rotatable bonds is 2. The molecule has 1 N–H and O–H groups in total. The standard InChI is InChI=1S/C9H7ClFN/c1-2-5-12-9-4-3-7(11)6-8(9)10/h1,3-4,6,12H,5H2. The predicted molar refractivity (Wildman–Crippen MR) is 48.7 cm³/mol. The van der Waals surface area contributed by atoms with Crippen LogP contribution in [0.4, 0.5) is 10.1 Å². The third-order valence-electron chi connectivity index (χ3n) is 1.31. The highest BCUT2D eigenvalue weighted by Crippen LogP contribution is 2.21. The monoisotopic (exact) mass is 183 g/mol. The van der Waals surface area contributed by atoms with E-state index in [9.17, 15) is 4.39 Å². The fourth-order valence-corrected chi connectivity index (χ4v) is 1.01. The van der Waals surface area contributed by atoms with Crippen molar-refractivity contribution in [2.75, 3.05) is 11.9 Å². The Morgan fingerprint density at radius 2 is 2.33 bits per heavy atom. The van der Waals surface area contributed by atoms with Gasteiger partial charge in [0.15, 0.2) is 0 Å². The van der Waals surface area contributed by atoms with E-state index in [1.807, 2.05) is 0 Å². The minimum Gasteiger partial charge on any atom is -0.373 e. The van der Waals surface area contributed by atoms with Gasteiger partial charge >= 0.3 is 0 Å². The molecule has 1 nitrogen and oxygen atoms in total. The summed E-state index contributed by atoms with van der Waals surface area (Å²) in [6, 6.07) is 4.11. The summed E-state index contributed by atoms with van der Waals surface area (Å²) in [6.45, 7) is 0.380. The average molecular weight is 184 g/mol. The van der Waals surface area contributed by atoms with Crippen LogP contribution in [0.2, 0.25) is 5.02 Å². The highest BCUT2D eigenvalue weighted by Gasteiger charge is 1.99. The number of terminal acetylenes is 1. The molecule has 1 aromatic rings. The van der Waals surface area contributed by atoms with Crippen molar-refractivity contribution in [1.29, 1.82) is 0 Å². The molecule has 0 fully saturated rings. The van der Waals surface area contributed by atoms with Crippen LogP contribution in [0.15, 0.2) is 18.2 Å². The molecule has 0 unspecified atom stereocenters. The zero-order valence-corrected chi connectivity index (χ0v) is 7.03. The van der Waals surface area contributed by atoms with Crippen molar-refractivity contribution < 1.29 is 4.39 Å². The van der Waals surface area contributed by atoms with Crippen LogP contribution in [0.5, 0.6) is 0 Å². The molecule has 0 spiro atoms. The molecule has 12 heavy (non-hydrogen) atoms. The average Bonchev–Trinajstić information content (AvgIpc) is 2.03. The van der Waals surface area contributed by atoms with Gasteiger partial charge in [0, 0.05) is 0 Å². The number of halogens is 2. The van der Waals surface area contributed by atoms with E-state index >= 15 is 0 Å². The Balaban J connectivity index is 2.81. The summed E-state index contributed by atoms with van der Waals surface area (Å²) in [5.74, 6) is 2.04. The summed E-state index contributed by atoms with van der Waals surface area (Å²) in [6.07, 6.45) is 5.03. The summed E-state index contributed by atoms with van der Waals surface area (Å²) < 4.78 is 12.5. The molecule has 0 atom stereocenters. The first-order valence-corrected chi connectivity index (χ1v) is 3.74. The Bertz CT molecular complexity index is 317. The maximum absolute atomic E-state index is 12.5. The van der Waals surface area contributed by atoms with Gasteiger partial charge in [-0.2, -0.15) is 0 Å². The minimum atomic E-state index is -0.355. The van der Waals surface area contributed by atoms with E-state index in [0.717, 1.165) is 0 Å². The van der Waals surface area contributed by atoms with Crippen molar-refractivity contribution in [1.82, 2.24) is 0 Å². The molecular formula is C9H7ClFN. The second-order valence-electron chi connectivity index (χ2n) is 2.18. The fraction of sp³-hybridized carbons (Fsp3) is 0.111. The molecule has 1 aromatic carbocycles. The van der Waals surface area contributed by atoms with E-state index in [4.69, 9.17) is 18.0 Å². The van der Waals surface area contributed by atoms with Gasteiger partial charge in [-0.3, -0.25) is 0 Å². The SMILES string of the molecule is C#CCNc1ccc(F)cc1Cl. The minimum absolute atomic E-state index is 0.338. The first-order chi connectivity index (χ1) is 5.74. The van der Waals surface area contributed by atoms with Gasteiger partial charge in [0.25, 0.3) is 0 Å². The van der Waals surface area contributed by atoms with Gasteiger partial charge in [0.2, 0.25) is 0 Å². The molecule has 0 aliphatic rings. The second kappa shape index (κ2) is 3.99. The molecule has 1 rings (SSSR count). The third kappa shape index (κ3) is 2.14. The zero-order valence-electron chi connectivity index (χ0n) is 6.27. The van der Waals surface area contributed by atoms with Crippen LogP contribution < -0.4 is 5.32 Å². The highest BCUT2D eigenvalue weighted by atomic mass is 35.5. The third-order valence-corrected chi connectivity index (χ3v) is 1.62. The van der Waals surface area contributed by atoms with Gasteiger partial charge in [-0.1, -0.05) is 17.5 Å². The molecule has 62 valence electrons. The molecule has 0 aromatic heterocycles. The van der Waals surface area contributed by atoms with Crippen LogP contribution in [0.1, 0.15) is 0 Å². The van der Waals surface area contributed by atoms with Crippen molar-refractivity contribution in [2.45, 2.75) is 0 Å². The van der Waals surface area contributed by atoms with Crippen LogP contribution in [-0.4, -0.2) is 6.54 Å². The van der Waals surface area contributed by atoms with Crippen LogP contribution in [-0.2, 0) is 0 Å². The number of anilines is 1. The maximum Gasteiger partial charge on any atom is 0.124 e. The second-order valence-corrected chi connectivity index (χ2v) is 2.59. The Morgan fingerprint density at radius 3 is 2.92 bits per heavy atom. The number of hydrogen-bond acceptors (Lipinski definition) is 1. The molecule has 0 aliphatic carbocycles. The van der Waals surface area contributed by atoms with Gasteiger partial charge in [0.05, 0.1) is 17.3 Å². The molecule has 0 radical (unpaired) electrons. The lowest BCUT2D eigenvalue weighted by Gasteiger charge is -2.03. The smallest absolute Gasteiger partial charge is 0.124 e. The van der Waals surface area contributed by atoms with Gasteiger partial charge in [0.1, 0.15) is 5.82 Å². The largest absolute Gasteiger partial charge is 0.373 e. The van der Waals surface area contributed by atoms with Crippen molar-refractivity contribution >= 4 is 17.3 Å². The lowest BCUT2D eigenvalue weighted by atomic mass is 10.3. The van der Waals surface area contributed by atoms with Crippen molar-refractivity contribution in [2.24, 2.45) is 0 Å². The normalized spacial score (nSPS) is 9.08. The Hall–Kier alpha value is -1.20. The van der Waals surface area contributed by atoms with E-state index in [1.165, 1.54) is 12.1 Å². The van der Waals surface area contributed by atoms with Crippen LogP contribution >= 0.6 is 11.6 Å². The molecule has 3 heteroatoms. The van der Waals surface area contributed by atoms with E-state index < -0.39 is 0 Å². The number of hydrogen-bond donors (Lipinski definition) is 1. The van der Waals surface area contributed by atoms with Crippen molar-refractivity contribution in [3.63, 3.8) is 0 Å². The Labute approximate surface area is 75.5 Å². The van der Waals surface area contributed by atoms with E-state index in [-0.39, 0.29) is 5.82 Å². The van der Waals surface area contributed by atoms with E-state index in [2.05, 4.69) is 11.2 Å². The zero-order chi connectivity index (χ0) is 8.97. The maximum atomic E-state index is 12.5. The van der Waals surface area contributed by atoms with Crippen LogP contribution in [0.3, 0.4) is 0 Å². The number of nitrogens with one attached hydrogen (secondary N) is 1. The summed E-state index contributed by atoms with van der Waals surface area (Å²) in [5, 5.41) is 3.19. The fourth-order valence-electron chi connectivity index (χ4n) is 0.779. The lowest BCUT2D eigenvalue weighted by molar-refractivity contribution is 0.628. The Morgan fingerprint density at radius 1 is 1.58 bits per heavy atom. The number of benzene rings is 1. The van der Waals surface area contributed by atoms with Gasteiger partial charge in [-0.05, 0) is 18.2 Å². The summed E-state index contributed by atoms with van der Waals surface area (Å²) in [4.78, 5) is 0. The molecular weight excluding hydrogens is 177 g/mol. The highest BCUT2D eigenvalue weighted by molar-refractivity contribution is 6.33. The van der Waals surface area contributed by atoms with Gasteiger partial charge in [-0.25, -0.2) is 4.39 Å². The molecule has 0 saturated heterocycles. The molecule has 0 amide bonds. The summed E-state index contributed by atoms with van der Waals surface area (Å²) in [7, 11) is 0. The van der Waals surface area contributed by atoms with Crippen molar-refractivity contribution in [3.8, 4) is 12.3 Å². The molecule has 0 aliphatic heterocycles.